The molecule has 2 aromatic carbocycles. The molecule has 0 heterocycles. The molecule has 0 aliphatic rings. The molecule has 1 atom stereocenters. The van der Waals surface area contributed by atoms with Crippen LogP contribution in [-0.2, 0) is 4.79 Å². The van der Waals surface area contributed by atoms with Gasteiger partial charge in [-0.1, -0.05) is 48.0 Å². The van der Waals surface area contributed by atoms with Crippen LogP contribution in [0.15, 0.2) is 48.5 Å². The van der Waals surface area contributed by atoms with E-state index in [0.29, 0.717) is 13.0 Å². The first-order valence-electron chi connectivity index (χ1n) is 8.73. The Labute approximate surface area is 150 Å². The molecule has 0 spiro atoms. The van der Waals surface area contributed by atoms with Crippen LogP contribution in [-0.4, -0.2) is 43.1 Å². The van der Waals surface area contributed by atoms with E-state index < -0.39 is 0 Å². The maximum atomic E-state index is 12.4. The molecule has 0 saturated heterocycles. The van der Waals surface area contributed by atoms with Crippen LogP contribution in [0.25, 0.3) is 0 Å². The topological polar surface area (TPSA) is 52.6 Å². The fraction of sp³-hybridized carbons (Fsp3) is 0.381. The predicted molar refractivity (Wildman–Crippen MR) is 102 cm³/mol. The molecule has 4 heteroatoms. The van der Waals surface area contributed by atoms with Crippen molar-refractivity contribution in [1.82, 2.24) is 10.2 Å². The molecule has 0 fully saturated rings. The largest absolute Gasteiger partial charge is 0.508 e. The fourth-order valence-electron chi connectivity index (χ4n) is 2.93. The molecule has 0 aliphatic heterocycles. The number of hydrogen-bond donors (Lipinski definition) is 2. The molecule has 2 rings (SSSR count). The SMILES string of the molecule is Cc1ccc(O)c([C@H](CC(=O)NCCCN(C)C)c2ccccc2)c1. The van der Waals surface area contributed by atoms with Crippen molar-refractivity contribution in [3.05, 3.63) is 65.2 Å². The zero-order valence-electron chi connectivity index (χ0n) is 15.3. The Morgan fingerprint density at radius 2 is 1.88 bits per heavy atom. The van der Waals surface area contributed by atoms with Crippen LogP contribution < -0.4 is 5.32 Å². The molecule has 4 nitrogen and oxygen atoms in total. The number of amides is 1. The van der Waals surface area contributed by atoms with Crippen molar-refractivity contribution in [2.24, 2.45) is 0 Å². The molecule has 1 amide bonds. The third kappa shape index (κ3) is 5.91. The first-order valence-corrected chi connectivity index (χ1v) is 8.73. The van der Waals surface area contributed by atoms with Gasteiger partial charge in [-0.15, -0.1) is 0 Å². The zero-order valence-corrected chi connectivity index (χ0v) is 15.3. The quantitative estimate of drug-likeness (QED) is 0.725. The van der Waals surface area contributed by atoms with Crippen LogP contribution in [0.2, 0.25) is 0 Å². The van der Waals surface area contributed by atoms with Gasteiger partial charge >= 0.3 is 0 Å². The first-order chi connectivity index (χ1) is 12.0. The van der Waals surface area contributed by atoms with E-state index in [1.807, 2.05) is 63.5 Å². The molecular formula is C21H28N2O2. The maximum absolute atomic E-state index is 12.4. The number of rotatable bonds is 8. The molecular weight excluding hydrogens is 312 g/mol. The first kappa shape index (κ1) is 19.0. The fourth-order valence-corrected chi connectivity index (χ4v) is 2.93. The summed E-state index contributed by atoms with van der Waals surface area (Å²) in [5.74, 6) is 0.0864. The van der Waals surface area contributed by atoms with Crippen molar-refractivity contribution in [2.45, 2.75) is 25.7 Å². The monoisotopic (exact) mass is 340 g/mol. The summed E-state index contributed by atoms with van der Waals surface area (Å²) in [5, 5.41) is 13.3. The van der Waals surface area contributed by atoms with Gasteiger partial charge in [-0.3, -0.25) is 4.79 Å². The number of hydrogen-bond acceptors (Lipinski definition) is 3. The van der Waals surface area contributed by atoms with Gasteiger partial charge in [0.1, 0.15) is 5.75 Å². The molecule has 0 aliphatic carbocycles. The Morgan fingerprint density at radius 3 is 2.56 bits per heavy atom. The second-order valence-electron chi connectivity index (χ2n) is 6.74. The normalized spacial score (nSPS) is 12.2. The molecule has 2 aromatic rings. The Kier molecular flexibility index (Phi) is 7.02. The van der Waals surface area contributed by atoms with E-state index in [2.05, 4.69) is 10.2 Å². The summed E-state index contributed by atoms with van der Waals surface area (Å²) < 4.78 is 0. The number of aromatic hydroxyl groups is 1. The summed E-state index contributed by atoms with van der Waals surface area (Å²) in [6.45, 7) is 3.60. The Bertz CT molecular complexity index is 684. The summed E-state index contributed by atoms with van der Waals surface area (Å²) in [4.78, 5) is 14.5. The van der Waals surface area contributed by atoms with Crippen LogP contribution >= 0.6 is 0 Å². The minimum Gasteiger partial charge on any atom is -0.508 e. The van der Waals surface area contributed by atoms with Crippen molar-refractivity contribution in [3.8, 4) is 5.75 Å². The number of phenolic OH excluding ortho intramolecular Hbond substituents is 1. The molecule has 0 unspecified atom stereocenters. The molecule has 0 aromatic heterocycles. The van der Waals surface area contributed by atoms with Crippen LogP contribution in [0.5, 0.6) is 5.75 Å². The van der Waals surface area contributed by atoms with E-state index in [4.69, 9.17) is 0 Å². The standard InChI is InChI=1S/C21H28N2O2/c1-16-10-11-20(24)19(14-16)18(17-8-5-4-6-9-17)15-21(25)22-12-7-13-23(2)3/h4-6,8-11,14,18,24H,7,12-13,15H2,1-3H3,(H,22,25)/t18-/m1/s1. The molecule has 25 heavy (non-hydrogen) atoms. The third-order valence-corrected chi connectivity index (χ3v) is 4.25. The van der Waals surface area contributed by atoms with E-state index in [-0.39, 0.29) is 17.6 Å². The second kappa shape index (κ2) is 9.23. The zero-order chi connectivity index (χ0) is 18.2. The molecule has 0 radical (unpaired) electrons. The van der Waals surface area contributed by atoms with E-state index in [1.54, 1.807) is 6.07 Å². The lowest BCUT2D eigenvalue weighted by molar-refractivity contribution is -0.121. The van der Waals surface area contributed by atoms with Crippen molar-refractivity contribution in [3.63, 3.8) is 0 Å². The maximum Gasteiger partial charge on any atom is 0.220 e. The van der Waals surface area contributed by atoms with Gasteiger partial charge in [-0.25, -0.2) is 0 Å². The third-order valence-electron chi connectivity index (χ3n) is 4.25. The summed E-state index contributed by atoms with van der Waals surface area (Å²) >= 11 is 0. The predicted octanol–water partition coefficient (Wildman–Crippen LogP) is 3.29. The smallest absolute Gasteiger partial charge is 0.220 e. The van der Waals surface area contributed by atoms with Crippen molar-refractivity contribution in [2.75, 3.05) is 27.2 Å². The lowest BCUT2D eigenvalue weighted by Gasteiger charge is -2.20. The summed E-state index contributed by atoms with van der Waals surface area (Å²) in [6.07, 6.45) is 1.24. The lowest BCUT2D eigenvalue weighted by Crippen LogP contribution is -2.28. The number of nitrogens with zero attached hydrogens (tertiary/aromatic N) is 1. The van der Waals surface area contributed by atoms with Gasteiger partial charge in [0.2, 0.25) is 5.91 Å². The molecule has 0 bridgehead atoms. The summed E-state index contributed by atoms with van der Waals surface area (Å²) in [5.41, 5.74) is 2.90. The Morgan fingerprint density at radius 1 is 1.16 bits per heavy atom. The Hall–Kier alpha value is -2.33. The van der Waals surface area contributed by atoms with Gasteiger partial charge in [0, 0.05) is 24.4 Å². The summed E-state index contributed by atoms with van der Waals surface area (Å²) in [7, 11) is 4.04. The highest BCUT2D eigenvalue weighted by molar-refractivity contribution is 5.77. The van der Waals surface area contributed by atoms with E-state index in [1.165, 1.54) is 0 Å². The van der Waals surface area contributed by atoms with Crippen molar-refractivity contribution in [1.29, 1.82) is 0 Å². The average Bonchev–Trinajstić information content (AvgIpc) is 2.59. The lowest BCUT2D eigenvalue weighted by atomic mass is 9.87. The van der Waals surface area contributed by atoms with Gasteiger partial charge in [0.15, 0.2) is 0 Å². The van der Waals surface area contributed by atoms with E-state index in [9.17, 15) is 9.90 Å². The van der Waals surface area contributed by atoms with Gasteiger partial charge in [0.05, 0.1) is 0 Å². The van der Waals surface area contributed by atoms with Gasteiger partial charge < -0.3 is 15.3 Å². The van der Waals surface area contributed by atoms with Gasteiger partial charge in [-0.05, 0) is 45.6 Å². The highest BCUT2D eigenvalue weighted by Crippen LogP contribution is 2.34. The number of aryl methyl sites for hydroxylation is 1. The van der Waals surface area contributed by atoms with Crippen LogP contribution in [0.4, 0.5) is 0 Å². The van der Waals surface area contributed by atoms with Crippen LogP contribution in [0.1, 0.15) is 35.4 Å². The summed E-state index contributed by atoms with van der Waals surface area (Å²) in [6, 6.07) is 15.4. The van der Waals surface area contributed by atoms with Gasteiger partial charge in [-0.2, -0.15) is 0 Å². The van der Waals surface area contributed by atoms with E-state index in [0.717, 1.165) is 29.7 Å². The number of phenols is 1. The second-order valence-corrected chi connectivity index (χ2v) is 6.74. The number of nitrogens with one attached hydrogen (secondary N) is 1. The minimum atomic E-state index is -0.157. The number of carbonyl (C=O) groups is 1. The minimum absolute atomic E-state index is 0.00788. The number of benzene rings is 2. The average molecular weight is 340 g/mol. The van der Waals surface area contributed by atoms with E-state index >= 15 is 0 Å². The number of carbonyl (C=O) groups excluding carboxylic acids is 1. The van der Waals surface area contributed by atoms with Crippen LogP contribution in [0, 0.1) is 6.92 Å². The van der Waals surface area contributed by atoms with Crippen LogP contribution in [0.3, 0.4) is 0 Å². The highest BCUT2D eigenvalue weighted by atomic mass is 16.3. The highest BCUT2D eigenvalue weighted by Gasteiger charge is 2.21. The molecule has 2 N–H and O–H groups in total. The van der Waals surface area contributed by atoms with Gasteiger partial charge in [0.25, 0.3) is 0 Å². The Balaban J connectivity index is 2.13. The van der Waals surface area contributed by atoms with Crippen molar-refractivity contribution >= 4 is 5.91 Å². The molecule has 134 valence electrons. The van der Waals surface area contributed by atoms with Crippen molar-refractivity contribution < 1.29 is 9.90 Å². The molecule has 0 saturated carbocycles.